The minimum atomic E-state index is -1.46. The van der Waals surface area contributed by atoms with Gasteiger partial charge in [0.2, 0.25) is 0 Å². The molecule has 0 fully saturated rings. The number of nitrogens with zero attached hydrogens (tertiary/aromatic N) is 1. The van der Waals surface area contributed by atoms with Gasteiger partial charge in [-0.2, -0.15) is 0 Å². The topological polar surface area (TPSA) is 86.7 Å². The van der Waals surface area contributed by atoms with Crippen molar-refractivity contribution in [2.75, 3.05) is 4.90 Å². The lowest BCUT2D eigenvalue weighted by molar-refractivity contribution is -0.254. The Balaban J connectivity index is 1.72. The van der Waals surface area contributed by atoms with Gasteiger partial charge in [0.15, 0.2) is 0 Å². The molecule has 0 radical (unpaired) electrons. The Hall–Kier alpha value is -3.93. The lowest BCUT2D eigenvalue weighted by Gasteiger charge is -2.18. The van der Waals surface area contributed by atoms with Gasteiger partial charge in [0, 0.05) is 5.56 Å². The van der Waals surface area contributed by atoms with E-state index in [0.717, 1.165) is 4.90 Å². The third-order valence-corrected chi connectivity index (χ3v) is 4.20. The second-order valence-corrected chi connectivity index (χ2v) is 5.87. The lowest BCUT2D eigenvalue weighted by Crippen LogP contribution is -2.33. The molecule has 3 aromatic carbocycles. The fourth-order valence-corrected chi connectivity index (χ4v) is 2.97. The molecule has 3 aromatic rings. The van der Waals surface area contributed by atoms with Crippen LogP contribution in [-0.4, -0.2) is 17.8 Å². The minimum absolute atomic E-state index is 0.0192. The molecule has 0 saturated carbocycles. The molecule has 0 aromatic heterocycles. The number of rotatable bonds is 4. The summed E-state index contributed by atoms with van der Waals surface area (Å²) in [4.78, 5) is 37.7. The van der Waals surface area contributed by atoms with Gasteiger partial charge in [-0.25, -0.2) is 4.90 Å². The molecule has 0 aliphatic carbocycles. The van der Waals surface area contributed by atoms with Crippen molar-refractivity contribution in [3.05, 3.63) is 89.5 Å². The van der Waals surface area contributed by atoms with Gasteiger partial charge in [-0.3, -0.25) is 9.59 Å². The molecule has 0 atom stereocenters. The summed E-state index contributed by atoms with van der Waals surface area (Å²) >= 11 is 0. The Morgan fingerprint density at radius 1 is 0.778 bits per heavy atom. The number of carbonyl (C=O) groups excluding carboxylic acids is 3. The largest absolute Gasteiger partial charge is 0.545 e. The van der Waals surface area contributed by atoms with Crippen LogP contribution in [0.2, 0.25) is 0 Å². The van der Waals surface area contributed by atoms with Crippen molar-refractivity contribution in [2.24, 2.45) is 0 Å². The van der Waals surface area contributed by atoms with Gasteiger partial charge in [0.1, 0.15) is 11.5 Å². The highest BCUT2D eigenvalue weighted by atomic mass is 16.5. The fraction of sp³-hybridized carbons (Fsp3) is 0. The van der Waals surface area contributed by atoms with Gasteiger partial charge in [-0.1, -0.05) is 36.4 Å². The summed E-state index contributed by atoms with van der Waals surface area (Å²) in [6, 6.07) is 19.3. The maximum absolute atomic E-state index is 12.8. The molecule has 1 aliphatic rings. The Bertz CT molecular complexity index is 1070. The van der Waals surface area contributed by atoms with E-state index in [1.807, 2.05) is 18.2 Å². The van der Waals surface area contributed by atoms with Crippen LogP contribution in [0.5, 0.6) is 11.5 Å². The number of imide groups is 1. The molecule has 6 heteroatoms. The predicted octanol–water partition coefficient (Wildman–Crippen LogP) is 2.64. The third kappa shape index (κ3) is 2.83. The summed E-state index contributed by atoms with van der Waals surface area (Å²) in [5.74, 6) is -1.67. The van der Waals surface area contributed by atoms with Gasteiger partial charge >= 0.3 is 0 Å². The number of ether oxygens (including phenoxy) is 1. The molecule has 27 heavy (non-hydrogen) atoms. The van der Waals surface area contributed by atoms with Crippen molar-refractivity contribution in [3.8, 4) is 11.5 Å². The van der Waals surface area contributed by atoms with Crippen LogP contribution in [0.25, 0.3) is 0 Å². The zero-order valence-corrected chi connectivity index (χ0v) is 13.9. The van der Waals surface area contributed by atoms with Crippen molar-refractivity contribution in [3.63, 3.8) is 0 Å². The van der Waals surface area contributed by atoms with Gasteiger partial charge in [0.05, 0.1) is 22.8 Å². The van der Waals surface area contributed by atoms with E-state index >= 15 is 0 Å². The summed E-state index contributed by atoms with van der Waals surface area (Å²) in [6.45, 7) is 0. The molecule has 0 saturated heterocycles. The summed E-state index contributed by atoms with van der Waals surface area (Å²) in [5.41, 5.74) is 0.0946. The Morgan fingerprint density at radius 3 is 2.19 bits per heavy atom. The molecule has 0 N–H and O–H groups in total. The normalized spacial score (nSPS) is 12.8. The van der Waals surface area contributed by atoms with Crippen molar-refractivity contribution in [1.82, 2.24) is 0 Å². The molecule has 0 unspecified atom stereocenters. The average Bonchev–Trinajstić information content (AvgIpc) is 2.92. The molecular weight excluding hydrogens is 346 g/mol. The molecule has 6 nitrogen and oxygen atoms in total. The number of anilines is 1. The van der Waals surface area contributed by atoms with Crippen LogP contribution in [0.4, 0.5) is 5.69 Å². The van der Waals surface area contributed by atoms with Crippen LogP contribution in [0.3, 0.4) is 0 Å². The molecule has 1 heterocycles. The van der Waals surface area contributed by atoms with E-state index in [1.54, 1.807) is 24.3 Å². The molecule has 132 valence electrons. The van der Waals surface area contributed by atoms with Crippen molar-refractivity contribution < 1.29 is 24.2 Å². The highest BCUT2D eigenvalue weighted by Gasteiger charge is 2.38. The van der Waals surface area contributed by atoms with E-state index in [4.69, 9.17) is 4.74 Å². The second-order valence-electron chi connectivity index (χ2n) is 5.87. The van der Waals surface area contributed by atoms with Crippen LogP contribution in [-0.2, 0) is 0 Å². The Morgan fingerprint density at radius 2 is 1.44 bits per heavy atom. The van der Waals surface area contributed by atoms with E-state index < -0.39 is 17.8 Å². The first-order valence-electron chi connectivity index (χ1n) is 8.12. The summed E-state index contributed by atoms with van der Waals surface area (Å²) < 4.78 is 5.70. The number of carboxylic acid groups (broad SMARTS) is 1. The monoisotopic (exact) mass is 358 g/mol. The van der Waals surface area contributed by atoms with Gasteiger partial charge in [-0.15, -0.1) is 0 Å². The molecule has 2 amide bonds. The first-order valence-corrected chi connectivity index (χ1v) is 8.12. The molecule has 1 aliphatic heterocycles. The van der Waals surface area contributed by atoms with E-state index in [-0.39, 0.29) is 22.4 Å². The van der Waals surface area contributed by atoms with Crippen LogP contribution in [0.1, 0.15) is 31.1 Å². The van der Waals surface area contributed by atoms with Crippen molar-refractivity contribution >= 4 is 23.5 Å². The SMILES string of the molecule is O=C([O-])c1ccccc1N1C(=O)c2ccc(Oc3ccccc3)cc2C1=O. The minimum Gasteiger partial charge on any atom is -0.545 e. The van der Waals surface area contributed by atoms with Crippen molar-refractivity contribution in [2.45, 2.75) is 0 Å². The zero-order chi connectivity index (χ0) is 19.0. The third-order valence-electron chi connectivity index (χ3n) is 4.20. The maximum atomic E-state index is 12.8. The number of hydrogen-bond donors (Lipinski definition) is 0. The Kier molecular flexibility index (Phi) is 3.93. The van der Waals surface area contributed by atoms with Crippen LogP contribution >= 0.6 is 0 Å². The first kappa shape index (κ1) is 16.5. The number of hydrogen-bond acceptors (Lipinski definition) is 5. The molecular formula is C21H12NO5-. The summed E-state index contributed by atoms with van der Waals surface area (Å²) in [5, 5.41) is 11.3. The van der Waals surface area contributed by atoms with E-state index in [9.17, 15) is 19.5 Å². The number of benzene rings is 3. The number of para-hydroxylation sites is 2. The van der Waals surface area contributed by atoms with Gasteiger partial charge < -0.3 is 14.6 Å². The fourth-order valence-electron chi connectivity index (χ4n) is 2.97. The number of fused-ring (bicyclic) bond motifs is 1. The van der Waals surface area contributed by atoms with Crippen LogP contribution in [0, 0.1) is 0 Å². The second kappa shape index (κ2) is 6.42. The number of carbonyl (C=O) groups is 3. The van der Waals surface area contributed by atoms with E-state index in [2.05, 4.69) is 0 Å². The van der Waals surface area contributed by atoms with E-state index in [0.29, 0.717) is 11.5 Å². The smallest absolute Gasteiger partial charge is 0.266 e. The lowest BCUT2D eigenvalue weighted by atomic mass is 10.1. The van der Waals surface area contributed by atoms with Crippen LogP contribution in [0.15, 0.2) is 72.8 Å². The summed E-state index contributed by atoms with van der Waals surface area (Å²) in [6.07, 6.45) is 0. The van der Waals surface area contributed by atoms with Crippen LogP contribution < -0.4 is 14.7 Å². The maximum Gasteiger partial charge on any atom is 0.266 e. The number of aromatic carboxylic acids is 1. The summed E-state index contributed by atoms with van der Waals surface area (Å²) in [7, 11) is 0. The van der Waals surface area contributed by atoms with Gasteiger partial charge in [-0.05, 0) is 36.4 Å². The highest BCUT2D eigenvalue weighted by Crippen LogP contribution is 2.33. The molecule has 0 spiro atoms. The molecule has 0 bridgehead atoms. The van der Waals surface area contributed by atoms with E-state index in [1.165, 1.54) is 30.3 Å². The van der Waals surface area contributed by atoms with Gasteiger partial charge in [0.25, 0.3) is 11.8 Å². The highest BCUT2D eigenvalue weighted by molar-refractivity contribution is 6.35. The first-order chi connectivity index (χ1) is 13.1. The quantitative estimate of drug-likeness (QED) is 0.669. The average molecular weight is 358 g/mol. The predicted molar refractivity (Wildman–Crippen MR) is 94.9 cm³/mol. The van der Waals surface area contributed by atoms with Crippen molar-refractivity contribution in [1.29, 1.82) is 0 Å². The molecule has 4 rings (SSSR count). The number of amides is 2. The Labute approximate surface area is 154 Å². The standard InChI is InChI=1S/C21H13NO5/c23-19-15-11-10-14(27-13-6-2-1-3-7-13)12-17(15)20(24)22(19)18-9-5-4-8-16(18)21(25)26/h1-12H,(H,25,26)/p-1. The zero-order valence-electron chi connectivity index (χ0n) is 13.9. The number of carboxylic acids is 1.